The van der Waals surface area contributed by atoms with Gasteiger partial charge in [-0.2, -0.15) is 5.26 Å². The predicted molar refractivity (Wildman–Crippen MR) is 107 cm³/mol. The van der Waals surface area contributed by atoms with Gasteiger partial charge in [0.25, 0.3) is 5.91 Å². The van der Waals surface area contributed by atoms with Crippen LogP contribution in [-0.4, -0.2) is 18.0 Å². The number of furan rings is 1. The fourth-order valence-electron chi connectivity index (χ4n) is 2.50. The highest BCUT2D eigenvalue weighted by atomic mass is 32.2. The van der Waals surface area contributed by atoms with E-state index in [4.69, 9.17) is 9.15 Å². The molecule has 6 nitrogen and oxygen atoms in total. The second-order valence-corrected chi connectivity index (χ2v) is 7.13. The van der Waals surface area contributed by atoms with Crippen LogP contribution in [0.5, 0.6) is 0 Å². The van der Waals surface area contributed by atoms with E-state index in [9.17, 15) is 14.9 Å². The molecule has 0 aliphatic rings. The number of amides is 1. The van der Waals surface area contributed by atoms with Crippen LogP contribution in [0.4, 0.5) is 0 Å². The SMILES string of the molecule is C[C@@H](OC(=O)c1ccccc1Sc1ccccc1C#N)C(=O)NCc1ccco1. The average molecular weight is 406 g/mol. The normalized spacial score (nSPS) is 11.3. The minimum atomic E-state index is -0.970. The van der Waals surface area contributed by atoms with Crippen molar-refractivity contribution >= 4 is 23.6 Å². The molecule has 3 aromatic rings. The van der Waals surface area contributed by atoms with Gasteiger partial charge in [0.2, 0.25) is 0 Å². The molecular formula is C22H18N2O4S. The Morgan fingerprint density at radius 3 is 2.55 bits per heavy atom. The lowest BCUT2D eigenvalue weighted by molar-refractivity contribution is -0.129. The van der Waals surface area contributed by atoms with Crippen LogP contribution in [0, 0.1) is 11.3 Å². The quantitative estimate of drug-likeness (QED) is 0.592. The molecule has 1 heterocycles. The standard InChI is InChI=1S/C22H18N2O4S/c1-15(21(25)24-14-17-8-6-12-27-17)28-22(26)18-9-3-5-11-20(18)29-19-10-4-2-7-16(19)13-23/h2-12,15H,14H2,1H3,(H,24,25)/t15-/m1/s1. The van der Waals surface area contributed by atoms with Crippen molar-refractivity contribution in [3.8, 4) is 6.07 Å². The van der Waals surface area contributed by atoms with E-state index in [1.54, 1.807) is 48.5 Å². The van der Waals surface area contributed by atoms with Crippen LogP contribution in [0.25, 0.3) is 0 Å². The van der Waals surface area contributed by atoms with Gasteiger partial charge in [-0.3, -0.25) is 4.79 Å². The molecule has 0 saturated carbocycles. The molecule has 7 heteroatoms. The topological polar surface area (TPSA) is 92.3 Å². The molecule has 3 rings (SSSR count). The second-order valence-electron chi connectivity index (χ2n) is 6.05. The van der Waals surface area contributed by atoms with Gasteiger partial charge in [0.1, 0.15) is 11.8 Å². The summed E-state index contributed by atoms with van der Waals surface area (Å²) in [6.07, 6.45) is 0.547. The fourth-order valence-corrected chi connectivity index (χ4v) is 3.51. The fraction of sp³-hybridized carbons (Fsp3) is 0.136. The number of nitrogens with one attached hydrogen (secondary N) is 1. The van der Waals surface area contributed by atoms with E-state index in [1.165, 1.54) is 24.9 Å². The zero-order valence-electron chi connectivity index (χ0n) is 15.6. The molecule has 1 atom stereocenters. The summed E-state index contributed by atoms with van der Waals surface area (Å²) in [6, 6.07) is 19.7. The Bertz CT molecular complexity index is 1040. The lowest BCUT2D eigenvalue weighted by Gasteiger charge is -2.15. The van der Waals surface area contributed by atoms with Crippen LogP contribution in [0.1, 0.15) is 28.6 Å². The van der Waals surface area contributed by atoms with Crippen LogP contribution < -0.4 is 5.32 Å². The molecule has 0 saturated heterocycles. The smallest absolute Gasteiger partial charge is 0.340 e. The van der Waals surface area contributed by atoms with Crippen molar-refractivity contribution in [2.45, 2.75) is 29.4 Å². The van der Waals surface area contributed by atoms with E-state index in [0.717, 1.165) is 4.90 Å². The van der Waals surface area contributed by atoms with Gasteiger partial charge >= 0.3 is 5.97 Å². The minimum absolute atomic E-state index is 0.213. The first kappa shape index (κ1) is 20.2. The number of nitriles is 1. The van der Waals surface area contributed by atoms with Crippen molar-refractivity contribution in [3.63, 3.8) is 0 Å². The molecule has 0 radical (unpaired) electrons. The molecule has 1 amide bonds. The molecule has 0 spiro atoms. The van der Waals surface area contributed by atoms with Crippen molar-refractivity contribution in [1.82, 2.24) is 5.32 Å². The highest BCUT2D eigenvalue weighted by Gasteiger charge is 2.21. The summed E-state index contributed by atoms with van der Waals surface area (Å²) in [7, 11) is 0. The number of carbonyl (C=O) groups excluding carboxylic acids is 2. The Labute approximate surface area is 172 Å². The van der Waals surface area contributed by atoms with Crippen molar-refractivity contribution in [2.75, 3.05) is 0 Å². The summed E-state index contributed by atoms with van der Waals surface area (Å²) in [4.78, 5) is 26.2. The van der Waals surface area contributed by atoms with Crippen molar-refractivity contribution in [2.24, 2.45) is 0 Å². The zero-order chi connectivity index (χ0) is 20.6. The summed E-state index contributed by atoms with van der Waals surface area (Å²) >= 11 is 1.30. The third-order valence-corrected chi connectivity index (χ3v) is 5.16. The maximum Gasteiger partial charge on any atom is 0.340 e. The van der Waals surface area contributed by atoms with E-state index in [1.807, 2.05) is 12.1 Å². The lowest BCUT2D eigenvalue weighted by Crippen LogP contribution is -2.35. The molecule has 0 unspecified atom stereocenters. The van der Waals surface area contributed by atoms with E-state index >= 15 is 0 Å². The summed E-state index contributed by atoms with van der Waals surface area (Å²) in [5.41, 5.74) is 0.849. The number of nitrogens with zero attached hydrogens (tertiary/aromatic N) is 1. The monoisotopic (exact) mass is 406 g/mol. The number of ether oxygens (including phenoxy) is 1. The van der Waals surface area contributed by atoms with E-state index in [2.05, 4.69) is 11.4 Å². The Morgan fingerprint density at radius 2 is 1.83 bits per heavy atom. The largest absolute Gasteiger partial charge is 0.467 e. The molecule has 146 valence electrons. The van der Waals surface area contributed by atoms with Crippen LogP contribution in [-0.2, 0) is 16.1 Å². The number of hydrogen-bond donors (Lipinski definition) is 1. The van der Waals surface area contributed by atoms with E-state index in [0.29, 0.717) is 21.8 Å². The number of esters is 1. The summed E-state index contributed by atoms with van der Waals surface area (Å²) in [5, 5.41) is 11.9. The first-order valence-corrected chi connectivity index (χ1v) is 9.67. The van der Waals surface area contributed by atoms with Crippen LogP contribution in [0.3, 0.4) is 0 Å². The van der Waals surface area contributed by atoms with E-state index < -0.39 is 18.0 Å². The third kappa shape index (κ3) is 5.27. The van der Waals surface area contributed by atoms with Gasteiger partial charge in [-0.25, -0.2) is 4.79 Å². The summed E-state index contributed by atoms with van der Waals surface area (Å²) < 4.78 is 10.5. The predicted octanol–water partition coefficient (Wildman–Crippen LogP) is 4.16. The molecule has 0 aliphatic heterocycles. The van der Waals surface area contributed by atoms with Crippen LogP contribution >= 0.6 is 11.8 Å². The molecule has 0 fully saturated rings. The summed E-state index contributed by atoms with van der Waals surface area (Å²) in [5.74, 6) is -0.423. The highest BCUT2D eigenvalue weighted by molar-refractivity contribution is 7.99. The minimum Gasteiger partial charge on any atom is -0.467 e. The maximum absolute atomic E-state index is 12.7. The maximum atomic E-state index is 12.7. The van der Waals surface area contributed by atoms with Crippen molar-refractivity contribution < 1.29 is 18.7 Å². The molecule has 29 heavy (non-hydrogen) atoms. The average Bonchev–Trinajstić information content (AvgIpc) is 3.26. The van der Waals surface area contributed by atoms with Gasteiger partial charge in [-0.15, -0.1) is 0 Å². The molecular weight excluding hydrogens is 388 g/mol. The highest BCUT2D eigenvalue weighted by Crippen LogP contribution is 2.33. The molecule has 0 aliphatic carbocycles. The Balaban J connectivity index is 1.68. The summed E-state index contributed by atoms with van der Waals surface area (Å²) in [6.45, 7) is 1.72. The first-order valence-electron chi connectivity index (χ1n) is 8.85. The van der Waals surface area contributed by atoms with Crippen molar-refractivity contribution in [3.05, 3.63) is 83.8 Å². The van der Waals surface area contributed by atoms with Crippen LogP contribution in [0.15, 0.2) is 81.1 Å². The Hall–Kier alpha value is -3.50. The number of hydrogen-bond acceptors (Lipinski definition) is 6. The van der Waals surface area contributed by atoms with E-state index in [-0.39, 0.29) is 6.54 Å². The van der Waals surface area contributed by atoms with Gasteiger partial charge in [0.05, 0.1) is 23.9 Å². The van der Waals surface area contributed by atoms with Gasteiger partial charge < -0.3 is 14.5 Å². The van der Waals surface area contributed by atoms with Gasteiger partial charge in [-0.05, 0) is 43.3 Å². The Morgan fingerprint density at radius 1 is 1.10 bits per heavy atom. The molecule has 1 N–H and O–H groups in total. The molecule has 2 aromatic carbocycles. The molecule has 1 aromatic heterocycles. The van der Waals surface area contributed by atoms with Crippen molar-refractivity contribution in [1.29, 1.82) is 5.26 Å². The number of benzene rings is 2. The molecule has 0 bridgehead atoms. The van der Waals surface area contributed by atoms with Gasteiger partial charge in [0, 0.05) is 9.79 Å². The van der Waals surface area contributed by atoms with Crippen LogP contribution in [0.2, 0.25) is 0 Å². The number of rotatable bonds is 7. The number of carbonyl (C=O) groups is 2. The van der Waals surface area contributed by atoms with Gasteiger partial charge in [-0.1, -0.05) is 36.0 Å². The second kappa shape index (κ2) is 9.62. The lowest BCUT2D eigenvalue weighted by atomic mass is 10.2. The third-order valence-electron chi connectivity index (χ3n) is 4.00. The van der Waals surface area contributed by atoms with Gasteiger partial charge in [0.15, 0.2) is 6.10 Å². The zero-order valence-corrected chi connectivity index (χ0v) is 16.4. The Kier molecular flexibility index (Phi) is 6.72. The first-order chi connectivity index (χ1) is 14.1.